The van der Waals surface area contributed by atoms with Gasteiger partial charge in [-0.05, 0) is 0 Å². The van der Waals surface area contributed by atoms with Gasteiger partial charge >= 0.3 is 5.97 Å². The van der Waals surface area contributed by atoms with Crippen LogP contribution in [0.25, 0.3) is 0 Å². The first-order chi connectivity index (χ1) is 7.63. The third kappa shape index (κ3) is 2.41. The second kappa shape index (κ2) is 4.09. The summed E-state index contributed by atoms with van der Waals surface area (Å²) in [5.41, 5.74) is 0.396. The second-order valence-electron chi connectivity index (χ2n) is 3.21. The van der Waals surface area contributed by atoms with Gasteiger partial charge in [0.25, 0.3) is 0 Å². The van der Waals surface area contributed by atoms with Crippen molar-refractivity contribution >= 4 is 5.97 Å². The molecular formula is C8H9N5O3. The Bertz CT molecular complexity index is 503. The van der Waals surface area contributed by atoms with E-state index in [4.69, 9.17) is 9.63 Å². The molecule has 84 valence electrons. The van der Waals surface area contributed by atoms with Crippen LogP contribution in [0.1, 0.15) is 17.4 Å². The van der Waals surface area contributed by atoms with E-state index in [1.54, 1.807) is 13.1 Å². The molecule has 1 N–H and O–H groups in total. The first-order valence-corrected chi connectivity index (χ1v) is 4.53. The lowest BCUT2D eigenvalue weighted by atomic mass is 10.3. The molecular weight excluding hydrogens is 214 g/mol. The molecule has 0 bridgehead atoms. The van der Waals surface area contributed by atoms with E-state index in [0.29, 0.717) is 24.0 Å². The number of carbonyl (C=O) groups is 1. The minimum absolute atomic E-state index is 0.148. The van der Waals surface area contributed by atoms with Crippen LogP contribution in [0.4, 0.5) is 0 Å². The maximum absolute atomic E-state index is 10.4. The van der Waals surface area contributed by atoms with Crippen LogP contribution in [0.3, 0.4) is 0 Å². The van der Waals surface area contributed by atoms with Gasteiger partial charge in [-0.15, -0.1) is 5.10 Å². The molecule has 0 amide bonds. The van der Waals surface area contributed by atoms with Crippen LogP contribution >= 0.6 is 0 Å². The summed E-state index contributed by atoms with van der Waals surface area (Å²) < 4.78 is 6.25. The van der Waals surface area contributed by atoms with E-state index in [1.165, 1.54) is 4.68 Å². The smallest absolute Gasteiger partial charge is 0.309 e. The zero-order valence-corrected chi connectivity index (χ0v) is 8.49. The SMILES string of the molecule is Cc1nc(Cn2cc(CC(=O)O)nn2)no1. The van der Waals surface area contributed by atoms with E-state index >= 15 is 0 Å². The lowest BCUT2D eigenvalue weighted by Crippen LogP contribution is -2.02. The monoisotopic (exact) mass is 223 g/mol. The van der Waals surface area contributed by atoms with Crippen molar-refractivity contribution < 1.29 is 14.4 Å². The lowest BCUT2D eigenvalue weighted by Gasteiger charge is -1.91. The summed E-state index contributed by atoms with van der Waals surface area (Å²) >= 11 is 0. The zero-order chi connectivity index (χ0) is 11.5. The first kappa shape index (κ1) is 10.3. The number of hydrogen-bond donors (Lipinski definition) is 1. The van der Waals surface area contributed by atoms with Crippen molar-refractivity contribution in [3.63, 3.8) is 0 Å². The summed E-state index contributed by atoms with van der Waals surface area (Å²) in [4.78, 5) is 14.4. The van der Waals surface area contributed by atoms with E-state index < -0.39 is 5.97 Å². The zero-order valence-electron chi connectivity index (χ0n) is 8.49. The summed E-state index contributed by atoms with van der Waals surface area (Å²) in [5.74, 6) is 0.00704. The maximum atomic E-state index is 10.4. The fourth-order valence-electron chi connectivity index (χ4n) is 1.20. The molecule has 0 aliphatic rings. The molecule has 0 saturated carbocycles. The predicted molar refractivity (Wildman–Crippen MR) is 49.5 cm³/mol. The Morgan fingerprint density at radius 1 is 1.62 bits per heavy atom. The van der Waals surface area contributed by atoms with Gasteiger partial charge in [0.05, 0.1) is 12.1 Å². The van der Waals surface area contributed by atoms with E-state index in [1.807, 2.05) is 0 Å². The average Bonchev–Trinajstić information content (AvgIpc) is 2.76. The number of aryl methyl sites for hydroxylation is 1. The predicted octanol–water partition coefficient (Wildman–Crippen LogP) is -0.355. The van der Waals surface area contributed by atoms with Gasteiger partial charge in [-0.25, -0.2) is 4.68 Å². The number of hydrogen-bond acceptors (Lipinski definition) is 6. The van der Waals surface area contributed by atoms with Crippen molar-refractivity contribution in [2.45, 2.75) is 19.9 Å². The van der Waals surface area contributed by atoms with Gasteiger partial charge in [-0.3, -0.25) is 4.79 Å². The van der Waals surface area contributed by atoms with Gasteiger partial charge in [0, 0.05) is 13.1 Å². The molecule has 2 heterocycles. The molecule has 0 atom stereocenters. The van der Waals surface area contributed by atoms with Gasteiger partial charge in [-0.2, -0.15) is 4.98 Å². The highest BCUT2D eigenvalue weighted by Gasteiger charge is 2.08. The quantitative estimate of drug-likeness (QED) is 0.754. The van der Waals surface area contributed by atoms with Gasteiger partial charge in [0.15, 0.2) is 5.82 Å². The van der Waals surface area contributed by atoms with Gasteiger partial charge < -0.3 is 9.63 Å². The number of nitrogens with zero attached hydrogens (tertiary/aromatic N) is 5. The van der Waals surface area contributed by atoms with E-state index in [9.17, 15) is 4.79 Å². The van der Waals surface area contributed by atoms with Crippen molar-refractivity contribution in [3.8, 4) is 0 Å². The van der Waals surface area contributed by atoms with Gasteiger partial charge in [-0.1, -0.05) is 10.4 Å². The number of aromatic nitrogens is 5. The highest BCUT2D eigenvalue weighted by molar-refractivity contribution is 5.69. The van der Waals surface area contributed by atoms with Crippen molar-refractivity contribution in [3.05, 3.63) is 23.6 Å². The van der Waals surface area contributed by atoms with Crippen LogP contribution < -0.4 is 0 Å². The minimum Gasteiger partial charge on any atom is -0.481 e. The molecule has 2 aromatic rings. The Labute approximate surface area is 89.9 Å². The van der Waals surface area contributed by atoms with Crippen LogP contribution in [-0.2, 0) is 17.8 Å². The van der Waals surface area contributed by atoms with Crippen molar-refractivity contribution in [1.82, 2.24) is 25.1 Å². The third-order valence-electron chi connectivity index (χ3n) is 1.79. The first-order valence-electron chi connectivity index (χ1n) is 4.53. The molecule has 0 aromatic carbocycles. The summed E-state index contributed by atoms with van der Waals surface area (Å²) in [6, 6.07) is 0. The number of carboxylic acid groups (broad SMARTS) is 1. The van der Waals surface area contributed by atoms with Crippen LogP contribution in [0.5, 0.6) is 0 Å². The van der Waals surface area contributed by atoms with E-state index in [0.717, 1.165) is 0 Å². The Morgan fingerprint density at radius 3 is 3.06 bits per heavy atom. The van der Waals surface area contributed by atoms with Crippen molar-refractivity contribution in [2.24, 2.45) is 0 Å². The molecule has 0 aliphatic carbocycles. The highest BCUT2D eigenvalue weighted by atomic mass is 16.5. The molecule has 2 rings (SSSR count). The van der Waals surface area contributed by atoms with Crippen LogP contribution in [-0.4, -0.2) is 36.2 Å². The van der Waals surface area contributed by atoms with Gasteiger partial charge in [0.1, 0.15) is 6.54 Å². The van der Waals surface area contributed by atoms with E-state index in [-0.39, 0.29) is 6.42 Å². The normalized spacial score (nSPS) is 10.6. The van der Waals surface area contributed by atoms with Crippen molar-refractivity contribution in [2.75, 3.05) is 0 Å². The minimum atomic E-state index is -0.942. The van der Waals surface area contributed by atoms with Crippen LogP contribution in [0, 0.1) is 6.92 Å². The molecule has 0 radical (unpaired) electrons. The molecule has 0 spiro atoms. The Kier molecular flexibility index (Phi) is 2.63. The fraction of sp³-hybridized carbons (Fsp3) is 0.375. The molecule has 2 aromatic heterocycles. The Hall–Kier alpha value is -2.25. The summed E-state index contributed by atoms with van der Waals surface area (Å²) in [6.07, 6.45) is 1.39. The molecule has 0 aliphatic heterocycles. The molecule has 0 saturated heterocycles. The Balaban J connectivity index is 2.05. The van der Waals surface area contributed by atoms with Gasteiger partial charge in [0.2, 0.25) is 5.89 Å². The molecule has 16 heavy (non-hydrogen) atoms. The summed E-state index contributed by atoms with van der Waals surface area (Å²) in [6.45, 7) is 2.00. The third-order valence-corrected chi connectivity index (χ3v) is 1.79. The molecule has 8 nitrogen and oxygen atoms in total. The lowest BCUT2D eigenvalue weighted by molar-refractivity contribution is -0.136. The Morgan fingerprint density at radius 2 is 2.44 bits per heavy atom. The highest BCUT2D eigenvalue weighted by Crippen LogP contribution is 2.00. The maximum Gasteiger partial charge on any atom is 0.309 e. The van der Waals surface area contributed by atoms with Crippen molar-refractivity contribution in [1.29, 1.82) is 0 Å². The average molecular weight is 223 g/mol. The second-order valence-corrected chi connectivity index (χ2v) is 3.21. The van der Waals surface area contributed by atoms with Crippen LogP contribution in [0.15, 0.2) is 10.7 Å². The number of aliphatic carboxylic acids is 1. The fourth-order valence-corrected chi connectivity index (χ4v) is 1.20. The number of carboxylic acids is 1. The molecule has 0 unspecified atom stereocenters. The molecule has 8 heteroatoms. The standard InChI is InChI=1S/C8H9N5O3/c1-5-9-7(11-16-5)4-13-3-6(10-12-13)2-8(14)15/h3H,2,4H2,1H3,(H,14,15). The summed E-state index contributed by atoms with van der Waals surface area (Å²) in [7, 11) is 0. The van der Waals surface area contributed by atoms with Crippen LogP contribution in [0.2, 0.25) is 0 Å². The largest absolute Gasteiger partial charge is 0.481 e. The molecule has 0 fully saturated rings. The van der Waals surface area contributed by atoms with E-state index in [2.05, 4.69) is 20.5 Å². The summed E-state index contributed by atoms with van der Waals surface area (Å²) in [5, 5.41) is 19.7. The number of rotatable bonds is 4. The topological polar surface area (TPSA) is 107 Å².